The van der Waals surface area contributed by atoms with E-state index in [1.807, 2.05) is 23.9 Å². The number of nitrogens with zero attached hydrogens (tertiary/aromatic N) is 5. The summed E-state index contributed by atoms with van der Waals surface area (Å²) in [4.78, 5) is 24.8. The number of aromatic nitrogens is 4. The molecule has 3 aliphatic rings. The van der Waals surface area contributed by atoms with Crippen molar-refractivity contribution in [2.75, 3.05) is 33.3 Å². The summed E-state index contributed by atoms with van der Waals surface area (Å²) >= 11 is 0. The molecule has 1 amide bonds. The third-order valence-electron chi connectivity index (χ3n) is 8.92. The number of carbonyl (C=O) groups excluding carboxylic acids is 1. The summed E-state index contributed by atoms with van der Waals surface area (Å²) in [7, 11) is 3.52. The number of benzene rings is 1. The standard InChI is InChI=1S/C29H32F2N6O2/c1-35-24-21(34-26(35)22-13-19-4-3-9-33-25(19)37(22)15-18-5-6-18)12-20(14-23(24)39-2)27(38)36-11-8-28(17-36)16-32-10-7-29(28,30)31/h3-4,9,12-14,18,32H,5-8,10-11,15-17H2,1-2H3/t28-/m1/s1. The maximum atomic E-state index is 14.9. The summed E-state index contributed by atoms with van der Waals surface area (Å²) < 4.78 is 39.8. The number of ether oxygens (including phenoxy) is 1. The van der Waals surface area contributed by atoms with Crippen molar-refractivity contribution >= 4 is 28.0 Å². The molecule has 1 N–H and O–H groups in total. The highest BCUT2D eigenvalue weighted by atomic mass is 19.3. The van der Waals surface area contributed by atoms with E-state index in [4.69, 9.17) is 9.72 Å². The number of rotatable bonds is 5. The Morgan fingerprint density at radius 3 is 2.85 bits per heavy atom. The van der Waals surface area contributed by atoms with Gasteiger partial charge < -0.3 is 24.1 Å². The first-order valence-corrected chi connectivity index (χ1v) is 13.7. The van der Waals surface area contributed by atoms with E-state index in [9.17, 15) is 13.6 Å². The topological polar surface area (TPSA) is 77.2 Å². The summed E-state index contributed by atoms with van der Waals surface area (Å²) in [5.41, 5.74) is 2.50. The Hall–Kier alpha value is -3.53. The van der Waals surface area contributed by atoms with Crippen LogP contribution < -0.4 is 10.1 Å². The lowest BCUT2D eigenvalue weighted by Crippen LogP contribution is -2.55. The second-order valence-corrected chi connectivity index (χ2v) is 11.4. The highest BCUT2D eigenvalue weighted by Gasteiger charge is 2.58. The van der Waals surface area contributed by atoms with Gasteiger partial charge in [-0.1, -0.05) is 0 Å². The molecule has 4 aromatic rings. The lowest BCUT2D eigenvalue weighted by molar-refractivity contribution is -0.134. The fraction of sp³-hybridized carbons (Fsp3) is 0.483. The Balaban J connectivity index is 1.28. The van der Waals surface area contributed by atoms with E-state index in [0.717, 1.165) is 34.6 Å². The number of pyridine rings is 1. The number of likely N-dealkylation sites (tertiary alicyclic amines) is 1. The molecule has 1 saturated carbocycles. The summed E-state index contributed by atoms with van der Waals surface area (Å²) in [6.45, 7) is 1.75. The van der Waals surface area contributed by atoms with Crippen LogP contribution in [-0.4, -0.2) is 69.1 Å². The van der Waals surface area contributed by atoms with Crippen LogP contribution >= 0.6 is 0 Å². The number of piperidine rings is 1. The van der Waals surface area contributed by atoms with Crippen LogP contribution in [0.1, 0.15) is 36.0 Å². The van der Waals surface area contributed by atoms with Crippen LogP contribution in [0.3, 0.4) is 0 Å². The molecule has 7 rings (SSSR count). The first kappa shape index (κ1) is 24.5. The highest BCUT2D eigenvalue weighted by Crippen LogP contribution is 2.48. The van der Waals surface area contributed by atoms with E-state index < -0.39 is 11.3 Å². The predicted octanol–water partition coefficient (Wildman–Crippen LogP) is 4.47. The third kappa shape index (κ3) is 3.83. The van der Waals surface area contributed by atoms with Gasteiger partial charge in [-0.05, 0) is 55.5 Å². The monoisotopic (exact) mass is 534 g/mol. The molecule has 39 heavy (non-hydrogen) atoms. The molecular weight excluding hydrogens is 502 g/mol. The maximum Gasteiger partial charge on any atom is 0.257 e. The second kappa shape index (κ2) is 8.74. The van der Waals surface area contributed by atoms with Crippen molar-refractivity contribution in [3.63, 3.8) is 0 Å². The average Bonchev–Trinajstić information content (AvgIpc) is 3.38. The molecule has 8 nitrogen and oxygen atoms in total. The minimum absolute atomic E-state index is 0.0356. The van der Waals surface area contributed by atoms with E-state index in [0.29, 0.717) is 35.8 Å². The van der Waals surface area contributed by atoms with Gasteiger partial charge in [-0.2, -0.15) is 0 Å². The number of aryl methyl sites for hydroxylation is 1. The van der Waals surface area contributed by atoms with Crippen molar-refractivity contribution in [3.8, 4) is 17.3 Å². The molecule has 1 aromatic carbocycles. The van der Waals surface area contributed by atoms with E-state index in [1.165, 1.54) is 12.8 Å². The SMILES string of the molecule is COc1cc(C(=O)N2CC[C@@]3(CNCCC3(F)F)C2)cc2nc(-c3cc4cccnc4n3CC3CC3)n(C)c12. The fourth-order valence-electron chi connectivity index (χ4n) is 6.47. The molecule has 1 aliphatic carbocycles. The number of methoxy groups -OCH3 is 1. The van der Waals surface area contributed by atoms with Gasteiger partial charge in [-0.3, -0.25) is 4.79 Å². The van der Waals surface area contributed by atoms with Gasteiger partial charge in [0.25, 0.3) is 11.8 Å². The fourth-order valence-corrected chi connectivity index (χ4v) is 6.47. The van der Waals surface area contributed by atoms with Crippen molar-refractivity contribution in [3.05, 3.63) is 42.1 Å². The van der Waals surface area contributed by atoms with Crippen molar-refractivity contribution in [1.82, 2.24) is 29.3 Å². The van der Waals surface area contributed by atoms with Crippen LogP contribution in [0, 0.1) is 11.3 Å². The van der Waals surface area contributed by atoms with Crippen LogP contribution in [0.2, 0.25) is 0 Å². The number of hydrogen-bond acceptors (Lipinski definition) is 5. The first-order chi connectivity index (χ1) is 18.8. The lowest BCUT2D eigenvalue weighted by Gasteiger charge is -2.41. The predicted molar refractivity (Wildman–Crippen MR) is 144 cm³/mol. The first-order valence-electron chi connectivity index (χ1n) is 13.7. The Kier molecular flexibility index (Phi) is 5.49. The molecule has 2 saturated heterocycles. The minimum Gasteiger partial charge on any atom is -0.494 e. The largest absolute Gasteiger partial charge is 0.494 e. The lowest BCUT2D eigenvalue weighted by atomic mass is 9.76. The minimum atomic E-state index is -2.79. The Labute approximate surface area is 225 Å². The van der Waals surface area contributed by atoms with Gasteiger partial charge in [-0.25, -0.2) is 18.7 Å². The second-order valence-electron chi connectivity index (χ2n) is 11.4. The van der Waals surface area contributed by atoms with Crippen molar-refractivity contribution in [2.45, 2.75) is 38.2 Å². The number of carbonyl (C=O) groups is 1. The molecule has 0 bridgehead atoms. The van der Waals surface area contributed by atoms with Crippen LogP contribution in [0.25, 0.3) is 33.6 Å². The molecular formula is C29H32F2N6O2. The third-order valence-corrected chi connectivity index (χ3v) is 8.92. The van der Waals surface area contributed by atoms with Gasteiger partial charge in [0.2, 0.25) is 0 Å². The Morgan fingerprint density at radius 2 is 2.08 bits per heavy atom. The molecule has 2 aliphatic heterocycles. The number of fused-ring (bicyclic) bond motifs is 2. The summed E-state index contributed by atoms with van der Waals surface area (Å²) in [6, 6.07) is 9.58. The zero-order valence-corrected chi connectivity index (χ0v) is 22.2. The Morgan fingerprint density at radius 1 is 1.23 bits per heavy atom. The van der Waals surface area contributed by atoms with Crippen molar-refractivity contribution in [2.24, 2.45) is 18.4 Å². The number of hydrogen-bond donors (Lipinski definition) is 1. The molecule has 5 heterocycles. The molecule has 204 valence electrons. The summed E-state index contributed by atoms with van der Waals surface area (Å²) in [5.74, 6) is -1.13. The van der Waals surface area contributed by atoms with E-state index in [1.54, 1.807) is 24.1 Å². The van der Waals surface area contributed by atoms with Crippen LogP contribution in [0.5, 0.6) is 5.75 Å². The zero-order chi connectivity index (χ0) is 26.9. The van der Waals surface area contributed by atoms with Gasteiger partial charge in [0.1, 0.15) is 16.9 Å². The smallest absolute Gasteiger partial charge is 0.257 e. The molecule has 1 spiro atoms. The zero-order valence-electron chi connectivity index (χ0n) is 22.2. The molecule has 3 aromatic heterocycles. The van der Waals surface area contributed by atoms with Gasteiger partial charge in [0.05, 0.1) is 23.7 Å². The molecule has 3 fully saturated rings. The van der Waals surface area contributed by atoms with Crippen molar-refractivity contribution in [1.29, 1.82) is 0 Å². The average molecular weight is 535 g/mol. The van der Waals surface area contributed by atoms with Crippen molar-refractivity contribution < 1.29 is 18.3 Å². The molecule has 0 radical (unpaired) electrons. The highest BCUT2D eigenvalue weighted by molar-refractivity contribution is 6.00. The van der Waals surface area contributed by atoms with Gasteiger partial charge in [0, 0.05) is 63.3 Å². The van der Waals surface area contributed by atoms with Gasteiger partial charge in [-0.15, -0.1) is 0 Å². The molecule has 1 atom stereocenters. The van der Waals surface area contributed by atoms with E-state index in [2.05, 4.69) is 27.0 Å². The maximum absolute atomic E-state index is 14.9. The molecule has 10 heteroatoms. The number of imidazole rings is 1. The normalized spacial score (nSPS) is 22.8. The van der Waals surface area contributed by atoms with Gasteiger partial charge >= 0.3 is 0 Å². The van der Waals surface area contributed by atoms with E-state index >= 15 is 0 Å². The number of amides is 1. The summed E-state index contributed by atoms with van der Waals surface area (Å²) in [5, 5.41) is 4.17. The van der Waals surface area contributed by atoms with Crippen LogP contribution in [0.4, 0.5) is 8.78 Å². The van der Waals surface area contributed by atoms with Crippen LogP contribution in [0.15, 0.2) is 36.5 Å². The number of halogens is 2. The van der Waals surface area contributed by atoms with Gasteiger partial charge in [0.15, 0.2) is 5.82 Å². The quantitative estimate of drug-likeness (QED) is 0.409. The number of alkyl halides is 2. The number of nitrogens with one attached hydrogen (secondary N) is 1. The Bertz CT molecular complexity index is 1610. The van der Waals surface area contributed by atoms with Crippen LogP contribution in [-0.2, 0) is 13.6 Å². The van der Waals surface area contributed by atoms with E-state index in [-0.39, 0.29) is 31.8 Å². The molecule has 0 unspecified atom stereocenters. The summed E-state index contributed by atoms with van der Waals surface area (Å²) in [6.07, 6.45) is 4.33.